The van der Waals surface area contributed by atoms with Crippen LogP contribution in [-0.4, -0.2) is 38.9 Å². The van der Waals surface area contributed by atoms with Gasteiger partial charge < -0.3 is 5.32 Å². The van der Waals surface area contributed by atoms with Crippen LogP contribution < -0.4 is 5.32 Å². The second-order valence-electron chi connectivity index (χ2n) is 6.23. The van der Waals surface area contributed by atoms with Crippen LogP contribution in [0.4, 0.5) is 11.5 Å². The minimum absolute atomic E-state index is 0.0345. The van der Waals surface area contributed by atoms with E-state index >= 15 is 0 Å². The van der Waals surface area contributed by atoms with Gasteiger partial charge in [-0.1, -0.05) is 6.92 Å². The molecule has 0 amide bonds. The number of pyridine rings is 1. The third-order valence-corrected chi connectivity index (χ3v) is 5.24. The van der Waals surface area contributed by atoms with Crippen molar-refractivity contribution in [1.29, 1.82) is 0 Å². The number of rotatable bonds is 5. The third-order valence-electron chi connectivity index (χ3n) is 4.34. The summed E-state index contributed by atoms with van der Waals surface area (Å²) in [6, 6.07) is 3.27. The van der Waals surface area contributed by atoms with Crippen LogP contribution in [0.2, 0.25) is 0 Å². The second-order valence-corrected chi connectivity index (χ2v) is 7.55. The predicted molar refractivity (Wildman–Crippen MR) is 94.2 cm³/mol. The monoisotopic (exact) mass is 347 g/mol. The first kappa shape index (κ1) is 16.8. The Morgan fingerprint density at radius 2 is 2.33 bits per heavy atom. The highest BCUT2D eigenvalue weighted by Gasteiger charge is 2.28. The van der Waals surface area contributed by atoms with Crippen molar-refractivity contribution in [2.24, 2.45) is 5.92 Å². The summed E-state index contributed by atoms with van der Waals surface area (Å²) in [6.07, 6.45) is 4.47. The zero-order valence-electron chi connectivity index (χ0n) is 13.8. The van der Waals surface area contributed by atoms with Crippen molar-refractivity contribution in [3.05, 3.63) is 44.5 Å². The highest BCUT2D eigenvalue weighted by Crippen LogP contribution is 2.27. The minimum Gasteiger partial charge on any atom is -0.361 e. The molecule has 1 fully saturated rings. The smallest absolute Gasteiger partial charge is 0.311 e. The standard InChI is InChI=1S/C16H21N5O2S/c1-11-9-20(10-13-8-18-12(2)24-13)7-5-14(11)19-16-15(21(22)23)4-3-6-17-16/h3-4,6,8,11,14H,5,7,9-10H2,1-2H3,(H,17,19)/t11-,14-/m0/s1. The van der Waals surface area contributed by atoms with Crippen molar-refractivity contribution in [2.45, 2.75) is 32.9 Å². The van der Waals surface area contributed by atoms with Crippen LogP contribution in [0.5, 0.6) is 0 Å². The van der Waals surface area contributed by atoms with Crippen molar-refractivity contribution in [1.82, 2.24) is 14.9 Å². The first-order valence-electron chi connectivity index (χ1n) is 8.02. The van der Waals surface area contributed by atoms with E-state index in [0.717, 1.165) is 31.1 Å². The molecule has 0 radical (unpaired) electrons. The Morgan fingerprint density at radius 1 is 1.50 bits per heavy atom. The molecule has 0 saturated carbocycles. The van der Waals surface area contributed by atoms with E-state index in [1.165, 1.54) is 10.9 Å². The van der Waals surface area contributed by atoms with E-state index in [9.17, 15) is 10.1 Å². The Kier molecular flexibility index (Phi) is 5.06. The van der Waals surface area contributed by atoms with Gasteiger partial charge >= 0.3 is 5.69 Å². The molecule has 0 aliphatic carbocycles. The molecule has 7 nitrogen and oxygen atoms in total. The van der Waals surface area contributed by atoms with Crippen LogP contribution in [0.25, 0.3) is 0 Å². The highest BCUT2D eigenvalue weighted by atomic mass is 32.1. The maximum Gasteiger partial charge on any atom is 0.311 e. The van der Waals surface area contributed by atoms with Gasteiger partial charge in [0.25, 0.3) is 0 Å². The van der Waals surface area contributed by atoms with Gasteiger partial charge in [-0.15, -0.1) is 11.3 Å². The van der Waals surface area contributed by atoms with E-state index in [-0.39, 0.29) is 16.7 Å². The summed E-state index contributed by atoms with van der Waals surface area (Å²) in [4.78, 5) is 22.9. The van der Waals surface area contributed by atoms with Gasteiger partial charge in [0.2, 0.25) is 5.82 Å². The summed E-state index contributed by atoms with van der Waals surface area (Å²) in [5.74, 6) is 0.750. The van der Waals surface area contributed by atoms with E-state index in [1.807, 2.05) is 13.1 Å². The molecule has 0 aromatic carbocycles. The zero-order chi connectivity index (χ0) is 17.1. The van der Waals surface area contributed by atoms with Crippen molar-refractivity contribution >= 4 is 22.8 Å². The molecule has 2 aromatic rings. The summed E-state index contributed by atoms with van der Waals surface area (Å²) < 4.78 is 0. The van der Waals surface area contributed by atoms with Crippen LogP contribution in [-0.2, 0) is 6.54 Å². The fraction of sp³-hybridized carbons (Fsp3) is 0.500. The van der Waals surface area contributed by atoms with Crippen molar-refractivity contribution in [2.75, 3.05) is 18.4 Å². The van der Waals surface area contributed by atoms with Gasteiger partial charge in [-0.05, 0) is 25.3 Å². The largest absolute Gasteiger partial charge is 0.361 e. The maximum absolute atomic E-state index is 11.1. The molecule has 2 aromatic heterocycles. The highest BCUT2D eigenvalue weighted by molar-refractivity contribution is 7.11. The average Bonchev–Trinajstić information content (AvgIpc) is 2.95. The van der Waals surface area contributed by atoms with E-state index in [2.05, 4.69) is 27.1 Å². The van der Waals surface area contributed by atoms with Crippen molar-refractivity contribution in [3.8, 4) is 0 Å². The first-order valence-corrected chi connectivity index (χ1v) is 8.84. The number of likely N-dealkylation sites (tertiary alicyclic amines) is 1. The van der Waals surface area contributed by atoms with Gasteiger partial charge in [0.1, 0.15) is 0 Å². The second kappa shape index (κ2) is 7.23. The Morgan fingerprint density at radius 3 is 3.00 bits per heavy atom. The van der Waals surface area contributed by atoms with Crippen LogP contribution >= 0.6 is 11.3 Å². The fourth-order valence-electron chi connectivity index (χ4n) is 3.12. The summed E-state index contributed by atoms with van der Waals surface area (Å²) in [7, 11) is 0. The number of thiazole rings is 1. The number of nitrogens with zero attached hydrogens (tertiary/aromatic N) is 4. The third kappa shape index (κ3) is 3.88. The molecule has 1 N–H and O–H groups in total. The first-order chi connectivity index (χ1) is 11.5. The van der Waals surface area contributed by atoms with Crippen LogP contribution in [0.1, 0.15) is 23.2 Å². The number of hydrogen-bond acceptors (Lipinski definition) is 7. The van der Waals surface area contributed by atoms with Gasteiger partial charge in [0.05, 0.1) is 9.93 Å². The Balaban J connectivity index is 1.61. The number of nitro groups is 1. The molecule has 3 heterocycles. The number of hydrogen-bond donors (Lipinski definition) is 1. The average molecular weight is 347 g/mol. The molecule has 1 aliphatic rings. The van der Waals surface area contributed by atoms with Crippen molar-refractivity contribution in [3.63, 3.8) is 0 Å². The molecule has 128 valence electrons. The number of aromatic nitrogens is 2. The maximum atomic E-state index is 11.1. The lowest BCUT2D eigenvalue weighted by atomic mass is 9.93. The molecule has 3 rings (SSSR count). The van der Waals surface area contributed by atoms with Crippen LogP contribution in [0.3, 0.4) is 0 Å². The Labute approximate surface area is 144 Å². The molecular weight excluding hydrogens is 326 g/mol. The molecule has 8 heteroatoms. The molecule has 1 aliphatic heterocycles. The van der Waals surface area contributed by atoms with Gasteiger partial charge in [-0.3, -0.25) is 15.0 Å². The minimum atomic E-state index is -0.388. The number of nitrogens with one attached hydrogen (secondary N) is 1. The lowest BCUT2D eigenvalue weighted by Crippen LogP contribution is -2.44. The molecule has 0 spiro atoms. The summed E-state index contributed by atoms with van der Waals surface area (Å²) in [5.41, 5.74) is 0.0345. The normalized spacial score (nSPS) is 21.6. The molecule has 0 unspecified atom stereocenters. The SMILES string of the molecule is Cc1ncc(CN2CC[C@H](Nc3ncccc3[N+](=O)[O-])[C@@H](C)C2)s1. The Hall–Kier alpha value is -2.06. The van der Waals surface area contributed by atoms with Crippen LogP contribution in [0.15, 0.2) is 24.5 Å². The quantitative estimate of drug-likeness (QED) is 0.661. The molecule has 24 heavy (non-hydrogen) atoms. The topological polar surface area (TPSA) is 84.2 Å². The summed E-state index contributed by atoms with van der Waals surface area (Å²) >= 11 is 1.74. The lowest BCUT2D eigenvalue weighted by Gasteiger charge is -2.37. The van der Waals surface area contributed by atoms with Gasteiger partial charge in [0, 0.05) is 49.0 Å². The van der Waals surface area contributed by atoms with Gasteiger partial charge in [-0.25, -0.2) is 9.97 Å². The van der Waals surface area contributed by atoms with Crippen molar-refractivity contribution < 1.29 is 4.92 Å². The number of aryl methyl sites for hydroxylation is 1. The fourth-order valence-corrected chi connectivity index (χ4v) is 3.96. The van der Waals surface area contributed by atoms with E-state index in [0.29, 0.717) is 11.7 Å². The number of anilines is 1. The number of piperidine rings is 1. The molecule has 1 saturated heterocycles. The van der Waals surface area contributed by atoms with E-state index < -0.39 is 0 Å². The van der Waals surface area contributed by atoms with Gasteiger partial charge in [-0.2, -0.15) is 0 Å². The van der Waals surface area contributed by atoms with Gasteiger partial charge in [0.15, 0.2) is 0 Å². The zero-order valence-corrected chi connectivity index (χ0v) is 14.6. The lowest BCUT2D eigenvalue weighted by molar-refractivity contribution is -0.384. The molecule has 0 bridgehead atoms. The van der Waals surface area contributed by atoms with E-state index in [4.69, 9.17) is 0 Å². The molecule has 2 atom stereocenters. The Bertz CT molecular complexity index is 720. The van der Waals surface area contributed by atoms with E-state index in [1.54, 1.807) is 23.6 Å². The summed E-state index contributed by atoms with van der Waals surface area (Å²) in [6.45, 7) is 7.03. The summed E-state index contributed by atoms with van der Waals surface area (Å²) in [5, 5.41) is 15.5. The van der Waals surface area contributed by atoms with Crippen LogP contribution in [0, 0.1) is 23.0 Å². The predicted octanol–water partition coefficient (Wildman–Crippen LogP) is 3.08. The molecular formula is C16H21N5O2S.